The predicted molar refractivity (Wildman–Crippen MR) is 153 cm³/mol. The van der Waals surface area contributed by atoms with Crippen LogP contribution in [0.2, 0.25) is 0 Å². The van der Waals surface area contributed by atoms with Crippen molar-refractivity contribution in [1.29, 1.82) is 0 Å². The number of aromatic nitrogens is 2. The largest absolute Gasteiger partial charge is 0.474 e. The molecule has 2 aliphatic heterocycles. The molecular weight excluding hydrogens is 498 g/mol. The molecule has 0 aliphatic carbocycles. The van der Waals surface area contributed by atoms with Gasteiger partial charge in [0.1, 0.15) is 17.9 Å². The lowest BCUT2D eigenvalue weighted by Gasteiger charge is -2.41. The summed E-state index contributed by atoms with van der Waals surface area (Å²) in [5.41, 5.74) is 3.95. The number of amides is 1. The quantitative estimate of drug-likeness (QED) is 0.346. The molecule has 5 rings (SSSR count). The van der Waals surface area contributed by atoms with Crippen molar-refractivity contribution < 1.29 is 14.3 Å². The third-order valence-electron chi connectivity index (χ3n) is 7.24. The molecule has 1 aromatic carbocycles. The molecule has 1 fully saturated rings. The monoisotopic (exact) mass is 533 g/mol. The first kappa shape index (κ1) is 26.5. The Kier molecular flexibility index (Phi) is 7.99. The molecule has 3 aromatic rings. The van der Waals surface area contributed by atoms with Crippen LogP contribution < -0.4 is 31.1 Å². The first-order valence-electron chi connectivity index (χ1n) is 13.2. The van der Waals surface area contributed by atoms with Gasteiger partial charge in [0.25, 0.3) is 11.5 Å². The molecule has 2 aromatic heterocycles. The number of carbonyl (C=O) groups excluding carboxylic acids is 1. The van der Waals surface area contributed by atoms with E-state index in [9.17, 15) is 9.59 Å². The number of methoxy groups -OCH3 is 1. The van der Waals surface area contributed by atoms with Crippen molar-refractivity contribution in [3.63, 3.8) is 0 Å². The van der Waals surface area contributed by atoms with Crippen molar-refractivity contribution in [2.24, 2.45) is 0 Å². The lowest BCUT2D eigenvalue weighted by molar-refractivity contribution is 0.102. The summed E-state index contributed by atoms with van der Waals surface area (Å²) in [6, 6.07) is 9.81. The number of pyridine rings is 2. The molecule has 1 unspecified atom stereocenters. The summed E-state index contributed by atoms with van der Waals surface area (Å²) in [6.45, 7) is 9.87. The minimum absolute atomic E-state index is 0.0103. The van der Waals surface area contributed by atoms with E-state index >= 15 is 0 Å². The fourth-order valence-corrected chi connectivity index (χ4v) is 5.02. The Labute approximate surface area is 227 Å². The SMILES string of the molecule is COCCN1CCN(c2ccc(NC(=O)c3c(Nc4cnc5c(c4C)NCCO5)cc[nH]c3=O)cc2)CC1C. The first-order chi connectivity index (χ1) is 18.9. The smallest absolute Gasteiger partial charge is 0.263 e. The molecule has 0 saturated carbocycles. The van der Waals surface area contributed by atoms with Crippen LogP contribution in [0.3, 0.4) is 0 Å². The van der Waals surface area contributed by atoms with Crippen LogP contribution in [0.25, 0.3) is 0 Å². The number of fused-ring (bicyclic) bond motifs is 1. The Morgan fingerprint density at radius 3 is 2.79 bits per heavy atom. The van der Waals surface area contributed by atoms with E-state index < -0.39 is 11.5 Å². The maximum absolute atomic E-state index is 13.3. The molecule has 206 valence electrons. The van der Waals surface area contributed by atoms with Gasteiger partial charge in [0.2, 0.25) is 5.88 Å². The fraction of sp³-hybridized carbons (Fsp3) is 0.393. The van der Waals surface area contributed by atoms with Crippen LogP contribution in [0.1, 0.15) is 22.8 Å². The number of rotatable bonds is 8. The summed E-state index contributed by atoms with van der Waals surface area (Å²) in [4.78, 5) is 37.8. The molecule has 2 aliphatic rings. The zero-order valence-corrected chi connectivity index (χ0v) is 22.5. The van der Waals surface area contributed by atoms with Gasteiger partial charge in [-0.15, -0.1) is 0 Å². The summed E-state index contributed by atoms with van der Waals surface area (Å²) in [5, 5.41) is 9.38. The van der Waals surface area contributed by atoms with Gasteiger partial charge in [0.05, 0.1) is 24.2 Å². The number of hydrogen-bond donors (Lipinski definition) is 4. The van der Waals surface area contributed by atoms with Gasteiger partial charge >= 0.3 is 0 Å². The van der Waals surface area contributed by atoms with Gasteiger partial charge in [-0.05, 0) is 44.2 Å². The van der Waals surface area contributed by atoms with Gasteiger partial charge in [-0.1, -0.05) is 0 Å². The molecule has 1 amide bonds. The number of benzene rings is 1. The summed E-state index contributed by atoms with van der Waals surface area (Å²) in [6.07, 6.45) is 3.15. The number of nitrogens with zero attached hydrogens (tertiary/aromatic N) is 3. The van der Waals surface area contributed by atoms with Crippen molar-refractivity contribution >= 4 is 34.3 Å². The molecule has 0 bridgehead atoms. The topological polar surface area (TPSA) is 124 Å². The molecule has 0 radical (unpaired) electrons. The molecule has 4 N–H and O–H groups in total. The minimum Gasteiger partial charge on any atom is -0.474 e. The van der Waals surface area contributed by atoms with Crippen molar-refractivity contribution in [3.8, 4) is 5.88 Å². The van der Waals surface area contributed by atoms with E-state index in [1.807, 2.05) is 31.2 Å². The molecule has 1 atom stereocenters. The standard InChI is InChI=1S/C28H35N7O4/c1-18-17-35(12-11-34(18)13-15-38-3)21-6-4-20(5-7-21)32-27(37)24-22(8-9-30-26(24)36)33-23-16-31-28-25(19(23)2)29-10-14-39-28/h4-9,16,18,29H,10-15,17H2,1-3H3,(H,32,37)(H2,30,33,36). The van der Waals surface area contributed by atoms with E-state index in [1.54, 1.807) is 19.4 Å². The number of carbonyl (C=O) groups is 1. The van der Waals surface area contributed by atoms with Gasteiger partial charge in [0, 0.05) is 69.0 Å². The number of anilines is 5. The van der Waals surface area contributed by atoms with E-state index in [2.05, 4.69) is 42.6 Å². The molecule has 4 heterocycles. The van der Waals surface area contributed by atoms with Gasteiger partial charge in [-0.2, -0.15) is 0 Å². The third kappa shape index (κ3) is 5.84. The van der Waals surface area contributed by atoms with Crippen LogP contribution in [0.4, 0.5) is 28.4 Å². The second-order valence-electron chi connectivity index (χ2n) is 9.80. The predicted octanol–water partition coefficient (Wildman–Crippen LogP) is 3.04. The summed E-state index contributed by atoms with van der Waals surface area (Å²) in [7, 11) is 1.73. The summed E-state index contributed by atoms with van der Waals surface area (Å²) in [5.74, 6) is 0.0385. The average Bonchev–Trinajstić information content (AvgIpc) is 2.94. The number of ether oxygens (including phenoxy) is 2. The maximum Gasteiger partial charge on any atom is 0.263 e. The van der Waals surface area contributed by atoms with E-state index in [-0.39, 0.29) is 5.56 Å². The fourth-order valence-electron chi connectivity index (χ4n) is 5.02. The molecular formula is C28H35N7O4. The summed E-state index contributed by atoms with van der Waals surface area (Å²) >= 11 is 0. The van der Waals surface area contributed by atoms with Crippen molar-refractivity contribution in [2.45, 2.75) is 19.9 Å². The Hall–Kier alpha value is -4.09. The zero-order valence-electron chi connectivity index (χ0n) is 22.5. The van der Waals surface area contributed by atoms with E-state index in [4.69, 9.17) is 9.47 Å². The highest BCUT2D eigenvalue weighted by Crippen LogP contribution is 2.34. The van der Waals surface area contributed by atoms with Gasteiger partial charge in [0.15, 0.2) is 0 Å². The number of hydrogen-bond acceptors (Lipinski definition) is 9. The van der Waals surface area contributed by atoms with Gasteiger partial charge < -0.3 is 35.3 Å². The second-order valence-corrected chi connectivity index (χ2v) is 9.80. The molecule has 11 heteroatoms. The molecule has 1 saturated heterocycles. The lowest BCUT2D eigenvalue weighted by Crippen LogP contribution is -2.52. The highest BCUT2D eigenvalue weighted by Gasteiger charge is 2.24. The maximum atomic E-state index is 13.3. The third-order valence-corrected chi connectivity index (χ3v) is 7.24. The normalized spacial score (nSPS) is 17.1. The van der Waals surface area contributed by atoms with Crippen molar-refractivity contribution in [2.75, 3.05) is 73.9 Å². The van der Waals surface area contributed by atoms with E-state index in [1.165, 1.54) is 6.20 Å². The minimum atomic E-state index is -0.502. The Bertz CT molecular complexity index is 1380. The number of H-pyrrole nitrogens is 1. The van der Waals surface area contributed by atoms with Crippen molar-refractivity contribution in [1.82, 2.24) is 14.9 Å². The second kappa shape index (κ2) is 11.7. The number of nitrogens with one attached hydrogen (secondary N) is 4. The number of aromatic amines is 1. The molecule has 0 spiro atoms. The Balaban J connectivity index is 1.28. The van der Waals surface area contributed by atoms with Crippen molar-refractivity contribution in [3.05, 3.63) is 64.2 Å². The van der Waals surface area contributed by atoms with Crippen LogP contribution in [-0.4, -0.2) is 79.9 Å². The lowest BCUT2D eigenvalue weighted by atomic mass is 10.1. The van der Waals surface area contributed by atoms with Crippen LogP contribution >= 0.6 is 0 Å². The van der Waals surface area contributed by atoms with Crippen LogP contribution in [0.5, 0.6) is 5.88 Å². The molecule has 39 heavy (non-hydrogen) atoms. The van der Waals surface area contributed by atoms with E-state index in [0.717, 1.165) is 49.7 Å². The van der Waals surface area contributed by atoms with Crippen LogP contribution in [0, 0.1) is 6.92 Å². The van der Waals surface area contributed by atoms with Crippen LogP contribution in [0.15, 0.2) is 47.5 Å². The highest BCUT2D eigenvalue weighted by molar-refractivity contribution is 6.08. The number of piperazine rings is 1. The molecule has 11 nitrogen and oxygen atoms in total. The van der Waals surface area contributed by atoms with Gasteiger partial charge in [-0.25, -0.2) is 4.98 Å². The Morgan fingerprint density at radius 2 is 2.03 bits per heavy atom. The van der Waals surface area contributed by atoms with E-state index in [0.29, 0.717) is 42.1 Å². The zero-order chi connectivity index (χ0) is 27.4. The first-order valence-corrected chi connectivity index (χ1v) is 13.2. The van der Waals surface area contributed by atoms with Crippen LogP contribution in [-0.2, 0) is 4.74 Å². The average molecular weight is 534 g/mol. The summed E-state index contributed by atoms with van der Waals surface area (Å²) < 4.78 is 10.8. The highest BCUT2D eigenvalue weighted by atomic mass is 16.5. The Morgan fingerprint density at radius 1 is 1.21 bits per heavy atom. The van der Waals surface area contributed by atoms with Gasteiger partial charge in [-0.3, -0.25) is 14.5 Å².